The van der Waals surface area contributed by atoms with Crippen molar-refractivity contribution in [3.63, 3.8) is 0 Å². The summed E-state index contributed by atoms with van der Waals surface area (Å²) in [6.07, 6.45) is 0.711. The lowest BCUT2D eigenvalue weighted by molar-refractivity contribution is -0.122. The summed E-state index contributed by atoms with van der Waals surface area (Å²) >= 11 is 7.20. The van der Waals surface area contributed by atoms with E-state index in [4.69, 9.17) is 16.3 Å². The van der Waals surface area contributed by atoms with Gasteiger partial charge < -0.3 is 10.1 Å². The zero-order valence-corrected chi connectivity index (χ0v) is 17.0. The molecule has 3 aromatic rings. The van der Waals surface area contributed by atoms with E-state index in [0.717, 1.165) is 0 Å². The van der Waals surface area contributed by atoms with Crippen molar-refractivity contribution in [1.29, 1.82) is 0 Å². The highest BCUT2D eigenvalue weighted by Crippen LogP contribution is 2.25. The number of sulfonamides is 1. The average Bonchev–Trinajstić information content (AvgIpc) is 3.16. The normalized spacial score (nSPS) is 12.2. The van der Waals surface area contributed by atoms with Crippen molar-refractivity contribution in [1.82, 2.24) is 4.98 Å². The van der Waals surface area contributed by atoms with E-state index >= 15 is 0 Å². The molecule has 146 valence electrons. The summed E-state index contributed by atoms with van der Waals surface area (Å²) in [5, 5.41) is 5.03. The molecule has 0 aliphatic heterocycles. The number of aromatic nitrogens is 1. The Hall–Kier alpha value is -2.62. The molecule has 28 heavy (non-hydrogen) atoms. The smallest absolute Gasteiger partial charge is 0.265 e. The quantitative estimate of drug-likeness (QED) is 0.582. The molecular weight excluding hydrogens is 422 g/mol. The van der Waals surface area contributed by atoms with Crippen LogP contribution in [0.2, 0.25) is 5.02 Å². The highest BCUT2D eigenvalue weighted by molar-refractivity contribution is 7.93. The van der Waals surface area contributed by atoms with Gasteiger partial charge in [0.05, 0.1) is 9.92 Å². The minimum Gasteiger partial charge on any atom is -0.479 e. The largest absolute Gasteiger partial charge is 0.479 e. The van der Waals surface area contributed by atoms with Gasteiger partial charge >= 0.3 is 0 Å². The number of rotatable bonds is 7. The number of carbonyl (C=O) groups excluding carboxylic acids is 1. The zero-order valence-electron chi connectivity index (χ0n) is 14.6. The zero-order chi connectivity index (χ0) is 20.1. The predicted molar refractivity (Wildman–Crippen MR) is 110 cm³/mol. The monoisotopic (exact) mass is 437 g/mol. The molecule has 1 heterocycles. The van der Waals surface area contributed by atoms with Crippen LogP contribution in [-0.4, -0.2) is 25.4 Å². The molecule has 0 saturated heterocycles. The molecule has 0 aliphatic carbocycles. The van der Waals surface area contributed by atoms with Gasteiger partial charge in [-0.15, -0.1) is 11.3 Å². The summed E-state index contributed by atoms with van der Waals surface area (Å²) in [5.74, 6) is 0.0120. The number of hydrogen-bond acceptors (Lipinski definition) is 6. The molecule has 0 bridgehead atoms. The van der Waals surface area contributed by atoms with Gasteiger partial charge in [-0.3, -0.25) is 9.52 Å². The first-order valence-corrected chi connectivity index (χ1v) is 10.8. The van der Waals surface area contributed by atoms with Crippen LogP contribution in [0.15, 0.2) is 65.0 Å². The number of hydrogen-bond donors (Lipinski definition) is 2. The van der Waals surface area contributed by atoms with Crippen molar-refractivity contribution >= 4 is 49.7 Å². The molecule has 0 fully saturated rings. The van der Waals surface area contributed by atoms with Crippen molar-refractivity contribution in [3.8, 4) is 5.75 Å². The van der Waals surface area contributed by atoms with Gasteiger partial charge in [-0.2, -0.15) is 0 Å². The van der Waals surface area contributed by atoms with Crippen molar-refractivity contribution < 1.29 is 17.9 Å². The Balaban J connectivity index is 1.63. The van der Waals surface area contributed by atoms with Gasteiger partial charge in [-0.1, -0.05) is 23.7 Å². The predicted octanol–water partition coefficient (Wildman–Crippen LogP) is 4.00. The maximum Gasteiger partial charge on any atom is 0.265 e. The summed E-state index contributed by atoms with van der Waals surface area (Å²) in [6, 6.07) is 12.6. The fraction of sp³-hybridized carbons (Fsp3) is 0.111. The number of para-hydroxylation sites is 1. The summed E-state index contributed by atoms with van der Waals surface area (Å²) in [6.45, 7) is 1.59. The number of nitrogens with zero attached hydrogens (tertiary/aromatic N) is 1. The van der Waals surface area contributed by atoms with E-state index in [1.807, 2.05) is 0 Å². The van der Waals surface area contributed by atoms with Gasteiger partial charge in [0.2, 0.25) is 0 Å². The molecule has 0 spiro atoms. The van der Waals surface area contributed by atoms with Crippen LogP contribution in [-0.2, 0) is 14.8 Å². The van der Waals surface area contributed by atoms with E-state index in [-0.39, 0.29) is 10.0 Å². The molecule has 0 radical (unpaired) electrons. The number of thiazole rings is 1. The van der Waals surface area contributed by atoms with Crippen molar-refractivity contribution in [2.75, 3.05) is 10.0 Å². The Morgan fingerprint density at radius 1 is 1.18 bits per heavy atom. The highest BCUT2D eigenvalue weighted by Gasteiger charge is 2.18. The summed E-state index contributed by atoms with van der Waals surface area (Å²) in [7, 11) is -3.74. The molecule has 2 aromatic carbocycles. The van der Waals surface area contributed by atoms with Crippen LogP contribution in [0.3, 0.4) is 0 Å². The fourth-order valence-corrected chi connectivity index (χ4v) is 4.16. The Bertz CT molecular complexity index is 1050. The van der Waals surface area contributed by atoms with Crippen LogP contribution >= 0.6 is 22.9 Å². The molecule has 1 aromatic heterocycles. The molecule has 7 nitrogen and oxygen atoms in total. The minimum absolute atomic E-state index is 0.0565. The first kappa shape index (κ1) is 20.1. The number of halogens is 1. The summed E-state index contributed by atoms with van der Waals surface area (Å²) in [4.78, 5) is 16.3. The number of benzene rings is 2. The van der Waals surface area contributed by atoms with Crippen LogP contribution in [0.4, 0.5) is 10.8 Å². The molecule has 1 atom stereocenters. The standard InChI is InChI=1S/C18H16ClN3O4S2/c1-12(26-16-5-3-2-4-15(16)19)17(23)21-13-6-8-14(9-7-13)28(24,25)22-18-20-10-11-27-18/h2-12H,1H3,(H,20,22)(H,21,23). The highest BCUT2D eigenvalue weighted by atomic mass is 35.5. The Kier molecular flexibility index (Phi) is 6.18. The van der Waals surface area contributed by atoms with Crippen LogP contribution in [0.25, 0.3) is 0 Å². The number of amides is 1. The van der Waals surface area contributed by atoms with Crippen LogP contribution in [0, 0.1) is 0 Å². The van der Waals surface area contributed by atoms with E-state index < -0.39 is 22.0 Å². The van der Waals surface area contributed by atoms with Gasteiger partial charge in [0.15, 0.2) is 11.2 Å². The van der Waals surface area contributed by atoms with Crippen molar-refractivity contribution in [2.24, 2.45) is 0 Å². The minimum atomic E-state index is -3.74. The maximum absolute atomic E-state index is 12.3. The van der Waals surface area contributed by atoms with E-state index in [0.29, 0.717) is 16.5 Å². The lowest BCUT2D eigenvalue weighted by atomic mass is 10.3. The van der Waals surface area contributed by atoms with Gasteiger partial charge in [0, 0.05) is 17.3 Å². The molecule has 2 N–H and O–H groups in total. The molecule has 0 saturated carbocycles. The second-order valence-corrected chi connectivity index (χ2v) is 8.63. The molecule has 1 unspecified atom stereocenters. The lowest BCUT2D eigenvalue weighted by Gasteiger charge is -2.15. The van der Waals surface area contributed by atoms with Crippen LogP contribution in [0.1, 0.15) is 6.92 Å². The van der Waals surface area contributed by atoms with Crippen LogP contribution < -0.4 is 14.8 Å². The van der Waals surface area contributed by atoms with Gasteiger partial charge in [0.25, 0.3) is 15.9 Å². The first-order chi connectivity index (χ1) is 13.3. The third-order valence-electron chi connectivity index (χ3n) is 3.60. The third kappa shape index (κ3) is 5.00. The third-order valence-corrected chi connectivity index (χ3v) is 6.08. The second kappa shape index (κ2) is 8.59. The molecular formula is C18H16ClN3O4S2. The Morgan fingerprint density at radius 2 is 1.89 bits per heavy atom. The van der Waals surface area contributed by atoms with Crippen molar-refractivity contribution in [3.05, 3.63) is 65.1 Å². The number of carbonyl (C=O) groups is 1. The molecule has 3 rings (SSSR count). The SMILES string of the molecule is CC(Oc1ccccc1Cl)C(=O)Nc1ccc(S(=O)(=O)Nc2nccs2)cc1. The van der Waals surface area contributed by atoms with E-state index in [1.165, 1.54) is 41.8 Å². The number of ether oxygens (including phenoxy) is 1. The average molecular weight is 438 g/mol. The summed E-state index contributed by atoms with van der Waals surface area (Å²) in [5.41, 5.74) is 0.438. The maximum atomic E-state index is 12.3. The molecule has 0 aliphatic rings. The summed E-state index contributed by atoms with van der Waals surface area (Å²) < 4.78 is 32.6. The van der Waals surface area contributed by atoms with Gasteiger partial charge in [-0.05, 0) is 43.3 Å². The van der Waals surface area contributed by atoms with Gasteiger partial charge in [0.1, 0.15) is 5.75 Å². The molecule has 1 amide bonds. The first-order valence-electron chi connectivity index (χ1n) is 8.09. The lowest BCUT2D eigenvalue weighted by Crippen LogP contribution is -2.30. The fourth-order valence-electron chi connectivity index (χ4n) is 2.19. The second-order valence-electron chi connectivity index (χ2n) is 5.65. The number of anilines is 2. The van der Waals surface area contributed by atoms with E-state index in [2.05, 4.69) is 15.0 Å². The Morgan fingerprint density at radius 3 is 2.54 bits per heavy atom. The van der Waals surface area contributed by atoms with Crippen molar-refractivity contribution in [2.45, 2.75) is 17.9 Å². The molecule has 10 heteroatoms. The van der Waals surface area contributed by atoms with E-state index in [9.17, 15) is 13.2 Å². The topological polar surface area (TPSA) is 97.4 Å². The van der Waals surface area contributed by atoms with E-state index in [1.54, 1.807) is 36.6 Å². The van der Waals surface area contributed by atoms with Crippen LogP contribution in [0.5, 0.6) is 5.75 Å². The number of nitrogens with one attached hydrogen (secondary N) is 2. The van der Waals surface area contributed by atoms with Gasteiger partial charge in [-0.25, -0.2) is 13.4 Å². The Labute approximate surface area is 171 Å².